The van der Waals surface area contributed by atoms with Crippen molar-refractivity contribution in [3.05, 3.63) is 83.7 Å². The van der Waals surface area contributed by atoms with Crippen LogP contribution in [0, 0.1) is 11.7 Å². The third-order valence-electron chi connectivity index (χ3n) is 5.58. The van der Waals surface area contributed by atoms with Crippen LogP contribution < -0.4 is 19.1 Å². The summed E-state index contributed by atoms with van der Waals surface area (Å²) in [5.74, 6) is -0.787. The van der Waals surface area contributed by atoms with Gasteiger partial charge in [0, 0.05) is 35.8 Å². The number of esters is 1. The third-order valence-corrected chi connectivity index (χ3v) is 5.58. The molecule has 0 radical (unpaired) electrons. The quantitative estimate of drug-likeness (QED) is 0.299. The number of halogens is 1. The van der Waals surface area contributed by atoms with Gasteiger partial charge in [-0.25, -0.2) is 4.39 Å². The van der Waals surface area contributed by atoms with Crippen LogP contribution in [0.15, 0.2) is 66.7 Å². The van der Waals surface area contributed by atoms with Crippen LogP contribution in [0.3, 0.4) is 0 Å². The molecule has 1 atom stereocenters. The molecule has 1 aliphatic heterocycles. The van der Waals surface area contributed by atoms with Crippen LogP contribution in [0.4, 0.5) is 10.1 Å². The van der Waals surface area contributed by atoms with E-state index in [4.69, 9.17) is 14.2 Å². The van der Waals surface area contributed by atoms with Crippen LogP contribution in [0.1, 0.15) is 22.3 Å². The number of carbonyl (C=O) groups excluding carboxylic acids is 3. The van der Waals surface area contributed by atoms with E-state index in [9.17, 15) is 18.8 Å². The van der Waals surface area contributed by atoms with E-state index in [-0.39, 0.29) is 30.4 Å². The highest BCUT2D eigenvalue weighted by Gasteiger charge is 2.36. The summed E-state index contributed by atoms with van der Waals surface area (Å²) in [6, 6.07) is 16.4. The zero-order valence-corrected chi connectivity index (χ0v) is 18.6. The van der Waals surface area contributed by atoms with Gasteiger partial charge in [0.15, 0.2) is 17.3 Å². The van der Waals surface area contributed by atoms with Gasteiger partial charge in [-0.1, -0.05) is 0 Å². The van der Waals surface area contributed by atoms with Crippen LogP contribution in [-0.4, -0.2) is 38.4 Å². The fourth-order valence-corrected chi connectivity index (χ4v) is 3.75. The van der Waals surface area contributed by atoms with Gasteiger partial charge in [0.2, 0.25) is 5.91 Å². The molecule has 1 amide bonds. The summed E-state index contributed by atoms with van der Waals surface area (Å²) in [5.41, 5.74) is 1.33. The lowest BCUT2D eigenvalue weighted by molar-refractivity contribution is -0.139. The molecule has 0 N–H and O–H groups in total. The summed E-state index contributed by atoms with van der Waals surface area (Å²) in [4.78, 5) is 39.3. The number of rotatable bonds is 7. The second-order valence-electron chi connectivity index (χ2n) is 7.73. The van der Waals surface area contributed by atoms with Crippen molar-refractivity contribution in [3.8, 4) is 17.2 Å². The lowest BCUT2D eigenvalue weighted by atomic mass is 10.0. The number of amides is 1. The number of hydrogen-bond donors (Lipinski definition) is 0. The number of methoxy groups -OCH3 is 2. The minimum absolute atomic E-state index is 0.0221. The molecular weight excluding hydrogens is 441 g/mol. The van der Waals surface area contributed by atoms with E-state index in [1.165, 1.54) is 67.7 Å². The van der Waals surface area contributed by atoms with Crippen LogP contribution in [0.5, 0.6) is 17.2 Å². The third kappa shape index (κ3) is 4.76. The molecule has 1 heterocycles. The van der Waals surface area contributed by atoms with Gasteiger partial charge < -0.3 is 19.1 Å². The highest BCUT2D eigenvalue weighted by Crippen LogP contribution is 2.34. The molecule has 0 aliphatic carbocycles. The normalized spacial score (nSPS) is 15.2. The maximum atomic E-state index is 13.1. The molecule has 1 aliphatic rings. The lowest BCUT2D eigenvalue weighted by Crippen LogP contribution is -2.27. The molecule has 0 spiro atoms. The average molecular weight is 463 g/mol. The van der Waals surface area contributed by atoms with Crippen LogP contribution in [0.2, 0.25) is 0 Å². The Balaban J connectivity index is 1.41. The maximum Gasteiger partial charge on any atom is 0.316 e. The summed E-state index contributed by atoms with van der Waals surface area (Å²) in [7, 11) is 3.03. The topological polar surface area (TPSA) is 82.1 Å². The van der Waals surface area contributed by atoms with Crippen LogP contribution in [0.25, 0.3) is 0 Å². The first kappa shape index (κ1) is 23.0. The smallest absolute Gasteiger partial charge is 0.316 e. The van der Waals surface area contributed by atoms with Crippen molar-refractivity contribution in [2.75, 3.05) is 25.7 Å². The number of nitrogens with zero attached hydrogens (tertiary/aromatic N) is 1. The summed E-state index contributed by atoms with van der Waals surface area (Å²) >= 11 is 0. The number of hydrogen-bond acceptors (Lipinski definition) is 6. The molecule has 7 nitrogen and oxygen atoms in total. The van der Waals surface area contributed by atoms with Gasteiger partial charge in [0.05, 0.1) is 20.1 Å². The van der Waals surface area contributed by atoms with Gasteiger partial charge in [-0.2, -0.15) is 0 Å². The second kappa shape index (κ2) is 9.74. The van der Waals surface area contributed by atoms with Gasteiger partial charge >= 0.3 is 5.97 Å². The molecule has 1 saturated heterocycles. The Morgan fingerprint density at radius 1 is 0.882 bits per heavy atom. The van der Waals surface area contributed by atoms with Crippen molar-refractivity contribution in [2.24, 2.45) is 5.92 Å². The van der Waals surface area contributed by atoms with Crippen LogP contribution >= 0.6 is 0 Å². The Labute approximate surface area is 195 Å². The van der Waals surface area contributed by atoms with E-state index >= 15 is 0 Å². The number of ether oxygens (including phenoxy) is 3. The number of benzene rings is 3. The first-order chi connectivity index (χ1) is 16.4. The van der Waals surface area contributed by atoms with E-state index in [0.717, 1.165) is 0 Å². The Kier molecular flexibility index (Phi) is 6.58. The Bertz CT molecular complexity index is 1220. The molecule has 34 heavy (non-hydrogen) atoms. The van der Waals surface area contributed by atoms with Gasteiger partial charge in [0.1, 0.15) is 11.6 Å². The number of ketones is 1. The predicted molar refractivity (Wildman–Crippen MR) is 122 cm³/mol. The van der Waals surface area contributed by atoms with Crippen molar-refractivity contribution >= 4 is 23.3 Å². The number of anilines is 1. The van der Waals surface area contributed by atoms with Gasteiger partial charge in [-0.3, -0.25) is 14.4 Å². The van der Waals surface area contributed by atoms with Crippen molar-refractivity contribution in [2.45, 2.75) is 6.42 Å². The summed E-state index contributed by atoms with van der Waals surface area (Å²) in [6.07, 6.45) is 0.0221. The first-order valence-corrected chi connectivity index (χ1v) is 10.5. The zero-order valence-electron chi connectivity index (χ0n) is 18.6. The molecule has 8 heteroatoms. The predicted octanol–water partition coefficient (Wildman–Crippen LogP) is 4.03. The van der Waals surface area contributed by atoms with E-state index in [2.05, 4.69) is 0 Å². The van der Waals surface area contributed by atoms with Crippen molar-refractivity contribution in [3.63, 3.8) is 0 Å². The molecule has 174 valence electrons. The first-order valence-electron chi connectivity index (χ1n) is 10.5. The molecule has 3 aromatic carbocycles. The van der Waals surface area contributed by atoms with E-state index in [1.54, 1.807) is 18.2 Å². The summed E-state index contributed by atoms with van der Waals surface area (Å²) < 4.78 is 29.0. The highest BCUT2D eigenvalue weighted by atomic mass is 19.1. The van der Waals surface area contributed by atoms with E-state index in [0.29, 0.717) is 28.3 Å². The van der Waals surface area contributed by atoms with Crippen molar-refractivity contribution in [1.29, 1.82) is 0 Å². The summed E-state index contributed by atoms with van der Waals surface area (Å²) in [6.45, 7) is 0.175. The van der Waals surface area contributed by atoms with E-state index < -0.39 is 17.7 Å². The molecule has 1 fully saturated rings. The Hall–Kier alpha value is -4.20. The Morgan fingerprint density at radius 3 is 2.12 bits per heavy atom. The largest absolute Gasteiger partial charge is 0.493 e. The molecular formula is C26H22FNO6. The fraction of sp³-hybridized carbons (Fsp3) is 0.192. The second-order valence-corrected chi connectivity index (χ2v) is 7.73. The standard InChI is InChI=1S/C26H22FNO6/c1-32-22-12-9-20(14-23(22)33-2)28-15-18(13-24(28)29)26(31)34-21-10-5-17(6-11-21)25(30)16-3-7-19(27)8-4-16/h3-12,14,18H,13,15H2,1-2H3. The molecule has 0 aromatic heterocycles. The minimum Gasteiger partial charge on any atom is -0.493 e. The lowest BCUT2D eigenvalue weighted by Gasteiger charge is -2.18. The fourth-order valence-electron chi connectivity index (χ4n) is 3.75. The van der Waals surface area contributed by atoms with Gasteiger partial charge in [0.25, 0.3) is 0 Å². The Morgan fingerprint density at radius 2 is 1.50 bits per heavy atom. The maximum absolute atomic E-state index is 13.1. The highest BCUT2D eigenvalue weighted by molar-refractivity contribution is 6.09. The zero-order chi connectivity index (χ0) is 24.2. The monoisotopic (exact) mass is 463 g/mol. The molecule has 3 aromatic rings. The SMILES string of the molecule is COc1ccc(N2CC(C(=O)Oc3ccc(C(=O)c4ccc(F)cc4)cc3)CC2=O)cc1OC. The van der Waals surface area contributed by atoms with E-state index in [1.807, 2.05) is 0 Å². The molecule has 0 bridgehead atoms. The number of carbonyl (C=O) groups is 3. The van der Waals surface area contributed by atoms with Crippen molar-refractivity contribution < 1.29 is 33.0 Å². The molecule has 1 unspecified atom stereocenters. The average Bonchev–Trinajstić information content (AvgIpc) is 3.25. The minimum atomic E-state index is -0.638. The summed E-state index contributed by atoms with van der Waals surface area (Å²) in [5, 5.41) is 0. The molecule has 4 rings (SSSR count). The van der Waals surface area contributed by atoms with Gasteiger partial charge in [-0.05, 0) is 60.7 Å². The van der Waals surface area contributed by atoms with Crippen LogP contribution in [-0.2, 0) is 9.59 Å². The molecule has 0 saturated carbocycles. The van der Waals surface area contributed by atoms with Gasteiger partial charge in [-0.15, -0.1) is 0 Å². The van der Waals surface area contributed by atoms with Crippen molar-refractivity contribution in [1.82, 2.24) is 0 Å².